The molecule has 0 aromatic heterocycles. The highest BCUT2D eigenvalue weighted by molar-refractivity contribution is 7.25. The molecule has 2 rings (SSSR count). The van der Waals surface area contributed by atoms with Crippen LogP contribution in [0.3, 0.4) is 0 Å². The number of hydrogen-bond acceptors (Lipinski definition) is 6. The second-order valence-electron chi connectivity index (χ2n) is 5.77. The molecule has 1 saturated heterocycles. The smallest absolute Gasteiger partial charge is 0.335 e. The zero-order valence-electron chi connectivity index (χ0n) is 14.7. The largest absolute Gasteiger partial charge is 0.478 e. The molecule has 1 aromatic rings. The number of carboxylic acids is 1. The lowest BCUT2D eigenvalue weighted by atomic mass is 10.1. The summed E-state index contributed by atoms with van der Waals surface area (Å²) < 4.78 is 23.0. The molecule has 1 fully saturated rings. The van der Waals surface area contributed by atoms with Gasteiger partial charge in [-0.25, -0.2) is 9.69 Å². The quantitative estimate of drug-likeness (QED) is 0.530. The zero-order chi connectivity index (χ0) is 18.3. The molecule has 138 valence electrons. The van der Waals surface area contributed by atoms with E-state index in [1.807, 2.05) is 30.9 Å². The van der Waals surface area contributed by atoms with E-state index in [4.69, 9.17) is 14.6 Å². The van der Waals surface area contributed by atoms with Crippen molar-refractivity contribution in [2.24, 2.45) is 0 Å². The van der Waals surface area contributed by atoms with Gasteiger partial charge in [0.05, 0.1) is 5.56 Å². The van der Waals surface area contributed by atoms with Crippen LogP contribution in [0.15, 0.2) is 24.3 Å². The second kappa shape index (κ2) is 9.36. The first-order chi connectivity index (χ1) is 12.0. The number of carbonyl (C=O) groups is 1. The molecule has 1 aromatic carbocycles. The molecule has 8 heteroatoms. The first kappa shape index (κ1) is 19.9. The Hall–Kier alpha value is -1.37. The van der Waals surface area contributed by atoms with E-state index in [0.29, 0.717) is 31.9 Å². The third-order valence-electron chi connectivity index (χ3n) is 4.16. The van der Waals surface area contributed by atoms with Gasteiger partial charge >= 0.3 is 11.6 Å². The standard InChI is InChI=1S/C17H25N2O5P/c1-3-23-17(25-22,24-4-2)19-11-9-18(10-12-19)13-14-5-7-15(8-6-14)16(20)21/h5-8H,3-4,9-13H2,1-2H3,(H,20,21). The Labute approximate surface area is 149 Å². The van der Waals surface area contributed by atoms with Crippen LogP contribution < -0.4 is 0 Å². The minimum atomic E-state index is -1.20. The average Bonchev–Trinajstić information content (AvgIpc) is 2.62. The number of benzene rings is 1. The monoisotopic (exact) mass is 368 g/mol. The van der Waals surface area contributed by atoms with Crippen LogP contribution in [0.25, 0.3) is 0 Å². The normalized spacial score (nSPS) is 17.0. The summed E-state index contributed by atoms with van der Waals surface area (Å²) >= 11 is 0. The number of piperazine rings is 1. The Morgan fingerprint density at radius 1 is 1.12 bits per heavy atom. The van der Waals surface area contributed by atoms with Gasteiger partial charge in [0, 0.05) is 45.9 Å². The van der Waals surface area contributed by atoms with E-state index < -0.39 is 11.6 Å². The minimum absolute atomic E-state index is 0.189. The van der Waals surface area contributed by atoms with E-state index in [0.717, 1.165) is 25.2 Å². The van der Waals surface area contributed by atoms with Gasteiger partial charge in [0.2, 0.25) is 8.46 Å². The van der Waals surface area contributed by atoms with Gasteiger partial charge in [-0.3, -0.25) is 9.46 Å². The van der Waals surface area contributed by atoms with E-state index >= 15 is 0 Å². The fraction of sp³-hybridized carbons (Fsp3) is 0.588. The molecule has 25 heavy (non-hydrogen) atoms. The van der Waals surface area contributed by atoms with Crippen molar-refractivity contribution in [2.45, 2.75) is 26.0 Å². The molecule has 0 spiro atoms. The minimum Gasteiger partial charge on any atom is -0.478 e. The van der Waals surface area contributed by atoms with Crippen LogP contribution in [-0.4, -0.2) is 65.9 Å². The molecule has 0 bridgehead atoms. The van der Waals surface area contributed by atoms with Crippen LogP contribution in [0.5, 0.6) is 0 Å². The molecule has 1 aliphatic rings. The summed E-state index contributed by atoms with van der Waals surface area (Å²) in [5, 5.41) is 8.95. The Morgan fingerprint density at radius 3 is 2.12 bits per heavy atom. The van der Waals surface area contributed by atoms with Crippen LogP contribution in [0.2, 0.25) is 0 Å². The Kier molecular flexibility index (Phi) is 7.47. The Balaban J connectivity index is 1.93. The molecule has 0 amide bonds. The topological polar surface area (TPSA) is 79.3 Å². The molecule has 1 N–H and O–H groups in total. The van der Waals surface area contributed by atoms with Crippen molar-refractivity contribution in [3.63, 3.8) is 0 Å². The summed E-state index contributed by atoms with van der Waals surface area (Å²) in [5.74, 6) is -0.917. The fourth-order valence-corrected chi connectivity index (χ4v) is 3.59. The molecule has 0 atom stereocenters. The first-order valence-electron chi connectivity index (χ1n) is 8.46. The number of aromatic carboxylic acids is 1. The third kappa shape index (κ3) is 5.06. The van der Waals surface area contributed by atoms with Crippen molar-refractivity contribution >= 4 is 14.4 Å². The van der Waals surface area contributed by atoms with Gasteiger partial charge < -0.3 is 14.6 Å². The third-order valence-corrected chi connectivity index (χ3v) is 4.93. The molecular weight excluding hydrogens is 343 g/mol. The lowest BCUT2D eigenvalue weighted by Gasteiger charge is -2.42. The lowest BCUT2D eigenvalue weighted by molar-refractivity contribution is -0.259. The molecule has 0 saturated carbocycles. The molecule has 1 aliphatic heterocycles. The van der Waals surface area contributed by atoms with Crippen LogP contribution in [-0.2, 0) is 20.6 Å². The molecular formula is C17H25N2O5P. The van der Waals surface area contributed by atoms with Crippen LogP contribution in [0.4, 0.5) is 0 Å². The second-order valence-corrected chi connectivity index (χ2v) is 6.52. The van der Waals surface area contributed by atoms with E-state index in [-0.39, 0.29) is 8.46 Å². The van der Waals surface area contributed by atoms with E-state index in [2.05, 4.69) is 4.90 Å². The number of rotatable bonds is 9. The van der Waals surface area contributed by atoms with Crippen LogP contribution in [0.1, 0.15) is 29.8 Å². The van der Waals surface area contributed by atoms with Gasteiger partial charge in [0.25, 0.3) is 0 Å². The SMILES string of the molecule is CCOC(OCC)(P=O)N1CCN(Cc2ccc(C(=O)O)cc2)CC1. The van der Waals surface area contributed by atoms with Gasteiger partial charge in [0.15, 0.2) is 0 Å². The van der Waals surface area contributed by atoms with Crippen molar-refractivity contribution in [3.05, 3.63) is 35.4 Å². The number of ether oxygens (including phenoxy) is 2. The van der Waals surface area contributed by atoms with Gasteiger partial charge in [-0.2, -0.15) is 0 Å². The molecule has 0 aliphatic carbocycles. The predicted octanol–water partition coefficient (Wildman–Crippen LogP) is 2.48. The number of nitrogens with zero attached hydrogens (tertiary/aromatic N) is 2. The fourth-order valence-electron chi connectivity index (χ4n) is 2.91. The van der Waals surface area contributed by atoms with E-state index in [9.17, 15) is 9.36 Å². The molecule has 0 unspecified atom stereocenters. The van der Waals surface area contributed by atoms with Gasteiger partial charge in [-0.15, -0.1) is 0 Å². The summed E-state index contributed by atoms with van der Waals surface area (Å²) in [4.78, 5) is 15.1. The van der Waals surface area contributed by atoms with Gasteiger partial charge in [0.1, 0.15) is 0 Å². The maximum Gasteiger partial charge on any atom is 0.335 e. The summed E-state index contributed by atoms with van der Waals surface area (Å²) in [5.41, 5.74) is 0.168. The summed E-state index contributed by atoms with van der Waals surface area (Å²) in [6.07, 6.45) is 0. The highest BCUT2D eigenvalue weighted by Crippen LogP contribution is 2.32. The summed E-state index contributed by atoms with van der Waals surface area (Å²) in [6, 6.07) is 6.94. The number of hydrogen-bond donors (Lipinski definition) is 1. The van der Waals surface area contributed by atoms with Gasteiger partial charge in [-0.05, 0) is 31.5 Å². The molecule has 7 nitrogen and oxygen atoms in total. The molecule has 0 radical (unpaired) electrons. The summed E-state index contributed by atoms with van der Waals surface area (Å²) in [6.45, 7) is 8.25. The van der Waals surface area contributed by atoms with Crippen LogP contribution in [0, 0.1) is 0 Å². The predicted molar refractivity (Wildman–Crippen MR) is 93.8 cm³/mol. The highest BCUT2D eigenvalue weighted by atomic mass is 31.1. The molecule has 1 heterocycles. The van der Waals surface area contributed by atoms with Crippen molar-refractivity contribution in [2.75, 3.05) is 39.4 Å². The maximum absolute atomic E-state index is 11.7. The van der Waals surface area contributed by atoms with Crippen molar-refractivity contribution < 1.29 is 23.9 Å². The Bertz CT molecular complexity index is 567. The van der Waals surface area contributed by atoms with Gasteiger partial charge in [-0.1, -0.05) is 12.1 Å². The van der Waals surface area contributed by atoms with E-state index in [1.54, 1.807) is 12.1 Å². The summed E-state index contributed by atoms with van der Waals surface area (Å²) in [7, 11) is -0.189. The first-order valence-corrected chi connectivity index (χ1v) is 9.28. The van der Waals surface area contributed by atoms with Crippen molar-refractivity contribution in [3.8, 4) is 0 Å². The zero-order valence-corrected chi connectivity index (χ0v) is 15.6. The van der Waals surface area contributed by atoms with Crippen LogP contribution >= 0.6 is 8.46 Å². The van der Waals surface area contributed by atoms with E-state index in [1.165, 1.54) is 0 Å². The lowest BCUT2D eigenvalue weighted by Crippen LogP contribution is -2.56. The average molecular weight is 368 g/mol. The Morgan fingerprint density at radius 2 is 1.68 bits per heavy atom. The maximum atomic E-state index is 11.7. The van der Waals surface area contributed by atoms with Crippen molar-refractivity contribution in [1.29, 1.82) is 0 Å². The van der Waals surface area contributed by atoms with Crippen molar-refractivity contribution in [1.82, 2.24) is 9.80 Å². The highest BCUT2D eigenvalue weighted by Gasteiger charge is 2.41. The number of carboxylic acid groups (broad SMARTS) is 1.